The molecule has 1 saturated carbocycles. The van der Waals surface area contributed by atoms with E-state index in [0.29, 0.717) is 24.3 Å². The molecule has 2 aromatic rings. The van der Waals surface area contributed by atoms with Crippen molar-refractivity contribution in [2.45, 2.75) is 23.8 Å². The van der Waals surface area contributed by atoms with Crippen LogP contribution in [0.3, 0.4) is 0 Å². The fourth-order valence-corrected chi connectivity index (χ4v) is 4.63. The smallest absolute Gasteiger partial charge is 0.319 e. The number of carbonyl (C=O) groups excluding carboxylic acids is 2. The molecule has 0 atom stereocenters. The van der Waals surface area contributed by atoms with Gasteiger partial charge in [0.15, 0.2) is 0 Å². The van der Waals surface area contributed by atoms with Crippen molar-refractivity contribution in [3.63, 3.8) is 0 Å². The molecule has 2 heterocycles. The standard InChI is InChI=1S/C20H23N5O4S/c26-19(15-3-5-16(6-4-15)22-20(27)23-17-7-8-17)24-10-12-25(13-11-24)30(28,29)18-2-1-9-21-14-18/h1-6,9,14,17H,7-8,10-13H2,(H2,22,23,27). The number of anilines is 1. The van der Waals surface area contributed by atoms with Crippen molar-refractivity contribution < 1.29 is 18.0 Å². The fraction of sp³-hybridized carbons (Fsp3) is 0.350. The molecular weight excluding hydrogens is 406 g/mol. The Hall–Kier alpha value is -2.98. The maximum Gasteiger partial charge on any atom is 0.319 e. The number of amides is 3. The quantitative estimate of drug-likeness (QED) is 0.748. The molecule has 1 aromatic carbocycles. The van der Waals surface area contributed by atoms with E-state index in [1.807, 2.05) is 0 Å². The summed E-state index contributed by atoms with van der Waals surface area (Å²) in [6.07, 6.45) is 4.87. The lowest BCUT2D eigenvalue weighted by atomic mass is 10.1. The third-order valence-electron chi connectivity index (χ3n) is 5.10. The monoisotopic (exact) mass is 429 g/mol. The Kier molecular flexibility index (Phi) is 5.69. The molecule has 4 rings (SSSR count). The van der Waals surface area contributed by atoms with Gasteiger partial charge in [0.2, 0.25) is 10.0 Å². The molecule has 2 N–H and O–H groups in total. The van der Waals surface area contributed by atoms with Gasteiger partial charge >= 0.3 is 6.03 Å². The molecule has 0 radical (unpaired) electrons. The summed E-state index contributed by atoms with van der Waals surface area (Å²) < 4.78 is 26.7. The van der Waals surface area contributed by atoms with Gasteiger partial charge in [-0.15, -0.1) is 0 Å². The molecule has 9 nitrogen and oxygen atoms in total. The fourth-order valence-electron chi connectivity index (χ4n) is 3.24. The Morgan fingerprint density at radius 2 is 1.70 bits per heavy atom. The summed E-state index contributed by atoms with van der Waals surface area (Å²) in [5.74, 6) is -0.164. The van der Waals surface area contributed by atoms with Crippen LogP contribution in [0.4, 0.5) is 10.5 Å². The normalized spacial score (nSPS) is 17.4. The van der Waals surface area contributed by atoms with E-state index in [9.17, 15) is 18.0 Å². The summed E-state index contributed by atoms with van der Waals surface area (Å²) in [7, 11) is -3.61. The number of hydrogen-bond donors (Lipinski definition) is 2. The van der Waals surface area contributed by atoms with E-state index in [0.717, 1.165) is 12.8 Å². The number of rotatable bonds is 5. The van der Waals surface area contributed by atoms with Crippen molar-refractivity contribution in [3.8, 4) is 0 Å². The first-order chi connectivity index (χ1) is 14.4. The van der Waals surface area contributed by atoms with E-state index in [1.165, 1.54) is 22.8 Å². The van der Waals surface area contributed by atoms with Crippen molar-refractivity contribution >= 4 is 27.6 Å². The summed E-state index contributed by atoms with van der Waals surface area (Å²) in [6, 6.07) is 9.81. The summed E-state index contributed by atoms with van der Waals surface area (Å²) in [5.41, 5.74) is 1.10. The van der Waals surface area contributed by atoms with E-state index in [-0.39, 0.29) is 36.0 Å². The average Bonchev–Trinajstić information content (AvgIpc) is 3.58. The van der Waals surface area contributed by atoms with Gasteiger partial charge in [0.05, 0.1) is 0 Å². The predicted octanol–water partition coefficient (Wildman–Crippen LogP) is 1.51. The molecule has 3 amide bonds. The number of nitrogens with zero attached hydrogens (tertiary/aromatic N) is 3. The summed E-state index contributed by atoms with van der Waals surface area (Å²) >= 11 is 0. The summed E-state index contributed by atoms with van der Waals surface area (Å²) in [6.45, 7) is 1.07. The first-order valence-corrected chi connectivity index (χ1v) is 11.2. The van der Waals surface area contributed by atoms with Crippen LogP contribution in [0.15, 0.2) is 53.7 Å². The summed E-state index contributed by atoms with van der Waals surface area (Å²) in [5, 5.41) is 5.58. The van der Waals surface area contributed by atoms with Crippen LogP contribution in [0.25, 0.3) is 0 Å². The number of carbonyl (C=O) groups is 2. The van der Waals surface area contributed by atoms with Gasteiger partial charge in [-0.25, -0.2) is 13.2 Å². The van der Waals surface area contributed by atoms with Crippen LogP contribution in [0.2, 0.25) is 0 Å². The predicted molar refractivity (Wildman–Crippen MR) is 111 cm³/mol. The zero-order chi connectivity index (χ0) is 21.1. The highest BCUT2D eigenvalue weighted by atomic mass is 32.2. The van der Waals surface area contributed by atoms with Crippen LogP contribution >= 0.6 is 0 Å². The lowest BCUT2D eigenvalue weighted by molar-refractivity contribution is 0.0698. The number of sulfonamides is 1. The number of urea groups is 1. The second-order valence-corrected chi connectivity index (χ2v) is 9.27. The van der Waals surface area contributed by atoms with Gasteiger partial charge in [0, 0.05) is 55.9 Å². The first kappa shape index (κ1) is 20.3. The topological polar surface area (TPSA) is 112 Å². The molecular formula is C20H23N5O4S. The number of hydrogen-bond acceptors (Lipinski definition) is 5. The Morgan fingerprint density at radius 3 is 2.30 bits per heavy atom. The van der Waals surface area contributed by atoms with Crippen LogP contribution < -0.4 is 10.6 Å². The van der Waals surface area contributed by atoms with Crippen molar-refractivity contribution in [3.05, 3.63) is 54.4 Å². The molecule has 1 saturated heterocycles. The first-order valence-electron chi connectivity index (χ1n) is 9.80. The van der Waals surface area contributed by atoms with Gasteiger partial charge in [-0.05, 0) is 49.2 Å². The summed E-state index contributed by atoms with van der Waals surface area (Å²) in [4.78, 5) is 30.2. The lowest BCUT2D eigenvalue weighted by Gasteiger charge is -2.34. The highest BCUT2D eigenvalue weighted by Crippen LogP contribution is 2.20. The van der Waals surface area contributed by atoms with Gasteiger partial charge in [0.25, 0.3) is 5.91 Å². The van der Waals surface area contributed by atoms with Gasteiger partial charge in [-0.1, -0.05) is 0 Å². The zero-order valence-electron chi connectivity index (χ0n) is 16.3. The van der Waals surface area contributed by atoms with Crippen molar-refractivity contribution in [1.82, 2.24) is 19.5 Å². The largest absolute Gasteiger partial charge is 0.336 e. The van der Waals surface area contributed by atoms with Gasteiger partial charge in [0.1, 0.15) is 4.90 Å². The molecule has 1 aromatic heterocycles. The highest BCUT2D eigenvalue weighted by Gasteiger charge is 2.30. The highest BCUT2D eigenvalue weighted by molar-refractivity contribution is 7.89. The van der Waals surface area contributed by atoms with E-state index >= 15 is 0 Å². The molecule has 30 heavy (non-hydrogen) atoms. The minimum Gasteiger partial charge on any atom is -0.336 e. The molecule has 0 bridgehead atoms. The van der Waals surface area contributed by atoms with Crippen LogP contribution in [0, 0.1) is 0 Å². The zero-order valence-corrected chi connectivity index (χ0v) is 17.1. The van der Waals surface area contributed by atoms with Gasteiger partial charge in [-0.2, -0.15) is 4.31 Å². The molecule has 10 heteroatoms. The van der Waals surface area contributed by atoms with E-state index < -0.39 is 10.0 Å². The Bertz CT molecular complexity index is 1010. The minimum atomic E-state index is -3.61. The molecule has 1 aliphatic carbocycles. The van der Waals surface area contributed by atoms with Crippen molar-refractivity contribution in [1.29, 1.82) is 0 Å². The molecule has 1 aliphatic heterocycles. The average molecular weight is 430 g/mol. The van der Waals surface area contributed by atoms with Crippen LogP contribution in [0.1, 0.15) is 23.2 Å². The second-order valence-electron chi connectivity index (χ2n) is 7.34. The SMILES string of the molecule is O=C(Nc1ccc(C(=O)N2CCN(S(=O)(=O)c3cccnc3)CC2)cc1)NC1CC1. The third-order valence-corrected chi connectivity index (χ3v) is 6.98. The maximum absolute atomic E-state index is 12.8. The molecule has 158 valence electrons. The molecule has 0 spiro atoms. The molecule has 2 aliphatic rings. The minimum absolute atomic E-state index is 0.151. The Labute approximate surface area is 175 Å². The number of nitrogens with one attached hydrogen (secondary N) is 2. The number of pyridine rings is 1. The number of benzene rings is 1. The van der Waals surface area contributed by atoms with Gasteiger partial charge < -0.3 is 15.5 Å². The van der Waals surface area contributed by atoms with E-state index in [1.54, 1.807) is 35.2 Å². The van der Waals surface area contributed by atoms with Crippen LogP contribution in [-0.2, 0) is 10.0 Å². The Balaban J connectivity index is 1.33. The van der Waals surface area contributed by atoms with Crippen molar-refractivity contribution in [2.75, 3.05) is 31.5 Å². The molecule has 2 fully saturated rings. The maximum atomic E-state index is 12.8. The molecule has 0 unspecified atom stereocenters. The lowest BCUT2D eigenvalue weighted by Crippen LogP contribution is -2.50. The second kappa shape index (κ2) is 8.41. The van der Waals surface area contributed by atoms with Crippen LogP contribution in [0.5, 0.6) is 0 Å². The Morgan fingerprint density at radius 1 is 1.00 bits per heavy atom. The van der Waals surface area contributed by atoms with E-state index in [2.05, 4.69) is 15.6 Å². The van der Waals surface area contributed by atoms with Crippen LogP contribution in [-0.4, -0.2) is 66.8 Å². The van der Waals surface area contributed by atoms with Crippen molar-refractivity contribution in [2.24, 2.45) is 0 Å². The third kappa shape index (κ3) is 4.60. The number of aromatic nitrogens is 1. The van der Waals surface area contributed by atoms with E-state index in [4.69, 9.17) is 0 Å². The number of piperazine rings is 1. The van der Waals surface area contributed by atoms with Gasteiger partial charge in [-0.3, -0.25) is 9.78 Å².